The summed E-state index contributed by atoms with van der Waals surface area (Å²) in [7, 11) is 1.63. The monoisotopic (exact) mass is 344 g/mol. The van der Waals surface area contributed by atoms with Gasteiger partial charge in [0.1, 0.15) is 5.75 Å². The minimum Gasteiger partial charge on any atom is -0.497 e. The maximum Gasteiger partial charge on any atom is 0.246 e. The zero-order valence-corrected chi connectivity index (χ0v) is 15.6. The average molecular weight is 344 g/mol. The van der Waals surface area contributed by atoms with Crippen molar-refractivity contribution in [3.05, 3.63) is 35.9 Å². The van der Waals surface area contributed by atoms with Crippen molar-refractivity contribution >= 4 is 17.9 Å². The van der Waals surface area contributed by atoms with Crippen molar-refractivity contribution in [2.24, 2.45) is 5.41 Å². The summed E-state index contributed by atoms with van der Waals surface area (Å²) in [5, 5.41) is 0. The van der Waals surface area contributed by atoms with Crippen molar-refractivity contribution in [2.45, 2.75) is 27.2 Å². The van der Waals surface area contributed by atoms with Gasteiger partial charge >= 0.3 is 0 Å². The van der Waals surface area contributed by atoms with Crippen LogP contribution in [0.1, 0.15) is 32.8 Å². The van der Waals surface area contributed by atoms with Crippen LogP contribution in [0.25, 0.3) is 6.08 Å². The van der Waals surface area contributed by atoms with E-state index in [4.69, 9.17) is 4.74 Å². The van der Waals surface area contributed by atoms with E-state index >= 15 is 0 Å². The SMILES string of the molecule is CCC(C)(C)C(=O)N1CCN(C(=O)/C=C/c2ccc(OC)cc2)CC1. The number of ether oxygens (including phenoxy) is 1. The van der Waals surface area contributed by atoms with E-state index in [1.54, 1.807) is 24.2 Å². The zero-order chi connectivity index (χ0) is 18.4. The Bertz CT molecular complexity index is 627. The second-order valence-corrected chi connectivity index (χ2v) is 6.96. The van der Waals surface area contributed by atoms with Gasteiger partial charge in [0.05, 0.1) is 7.11 Å². The molecule has 1 fully saturated rings. The largest absolute Gasteiger partial charge is 0.497 e. The summed E-state index contributed by atoms with van der Waals surface area (Å²) in [6.07, 6.45) is 4.21. The summed E-state index contributed by atoms with van der Waals surface area (Å²) in [5.74, 6) is 0.952. The molecule has 5 heteroatoms. The number of carbonyl (C=O) groups excluding carboxylic acids is 2. The number of benzene rings is 1. The first kappa shape index (κ1) is 19.0. The Labute approximate surface area is 150 Å². The van der Waals surface area contributed by atoms with Crippen molar-refractivity contribution in [3.8, 4) is 5.75 Å². The van der Waals surface area contributed by atoms with Gasteiger partial charge in [0.2, 0.25) is 11.8 Å². The third-order valence-electron chi connectivity index (χ3n) is 4.88. The van der Waals surface area contributed by atoms with Crippen LogP contribution < -0.4 is 4.74 Å². The van der Waals surface area contributed by atoms with E-state index < -0.39 is 0 Å². The third-order valence-corrected chi connectivity index (χ3v) is 4.88. The Morgan fingerprint density at radius 1 is 1.08 bits per heavy atom. The lowest BCUT2D eigenvalue weighted by molar-refractivity contribution is -0.144. The van der Waals surface area contributed by atoms with Gasteiger partial charge in [-0.05, 0) is 30.2 Å². The first-order valence-electron chi connectivity index (χ1n) is 8.78. The molecule has 2 amide bonds. The van der Waals surface area contributed by atoms with Crippen molar-refractivity contribution in [1.82, 2.24) is 9.80 Å². The molecule has 1 aliphatic heterocycles. The smallest absolute Gasteiger partial charge is 0.246 e. The van der Waals surface area contributed by atoms with Crippen LogP contribution in [0.4, 0.5) is 0 Å². The molecule has 5 nitrogen and oxygen atoms in total. The second kappa shape index (κ2) is 8.19. The first-order chi connectivity index (χ1) is 11.9. The Morgan fingerprint density at radius 2 is 1.64 bits per heavy atom. The van der Waals surface area contributed by atoms with Gasteiger partial charge in [-0.2, -0.15) is 0 Å². The fraction of sp³-hybridized carbons (Fsp3) is 0.500. The topological polar surface area (TPSA) is 49.9 Å². The summed E-state index contributed by atoms with van der Waals surface area (Å²) in [4.78, 5) is 28.5. The molecule has 25 heavy (non-hydrogen) atoms. The molecule has 1 aliphatic rings. The van der Waals surface area contributed by atoms with Crippen LogP contribution in [0.5, 0.6) is 5.75 Å². The summed E-state index contributed by atoms with van der Waals surface area (Å²) in [6, 6.07) is 7.55. The fourth-order valence-corrected chi connectivity index (χ4v) is 2.70. The van der Waals surface area contributed by atoms with Crippen molar-refractivity contribution in [1.29, 1.82) is 0 Å². The quantitative estimate of drug-likeness (QED) is 0.772. The van der Waals surface area contributed by atoms with E-state index in [0.717, 1.165) is 17.7 Å². The van der Waals surface area contributed by atoms with Crippen molar-refractivity contribution < 1.29 is 14.3 Å². The van der Waals surface area contributed by atoms with Gasteiger partial charge in [0.25, 0.3) is 0 Å². The third kappa shape index (κ3) is 4.84. The highest BCUT2D eigenvalue weighted by Gasteiger charge is 2.32. The van der Waals surface area contributed by atoms with Gasteiger partial charge in [0.15, 0.2) is 0 Å². The van der Waals surface area contributed by atoms with Gasteiger partial charge in [-0.3, -0.25) is 9.59 Å². The summed E-state index contributed by atoms with van der Waals surface area (Å²) in [6.45, 7) is 8.35. The van der Waals surface area contributed by atoms with Crippen LogP contribution in [0.2, 0.25) is 0 Å². The molecule has 0 radical (unpaired) electrons. The Kier molecular flexibility index (Phi) is 6.23. The van der Waals surface area contributed by atoms with E-state index in [0.29, 0.717) is 26.2 Å². The molecule has 2 rings (SSSR count). The van der Waals surface area contributed by atoms with Crippen LogP contribution in [0, 0.1) is 5.41 Å². The number of amides is 2. The van der Waals surface area contributed by atoms with Gasteiger partial charge in [-0.1, -0.05) is 32.9 Å². The van der Waals surface area contributed by atoms with Crippen LogP contribution in [-0.2, 0) is 9.59 Å². The van der Waals surface area contributed by atoms with Crippen LogP contribution in [0.3, 0.4) is 0 Å². The Balaban J connectivity index is 1.88. The van der Waals surface area contributed by atoms with E-state index in [1.807, 2.05) is 49.9 Å². The predicted molar refractivity (Wildman–Crippen MR) is 99.3 cm³/mol. The zero-order valence-electron chi connectivity index (χ0n) is 15.6. The highest BCUT2D eigenvalue weighted by Crippen LogP contribution is 2.23. The average Bonchev–Trinajstić information content (AvgIpc) is 2.66. The van der Waals surface area contributed by atoms with E-state index in [2.05, 4.69) is 0 Å². The maximum absolute atomic E-state index is 12.5. The van der Waals surface area contributed by atoms with Crippen LogP contribution >= 0.6 is 0 Å². The second-order valence-electron chi connectivity index (χ2n) is 6.96. The minimum atomic E-state index is -0.333. The Morgan fingerprint density at radius 3 is 2.16 bits per heavy atom. The lowest BCUT2D eigenvalue weighted by Gasteiger charge is -2.38. The first-order valence-corrected chi connectivity index (χ1v) is 8.78. The molecule has 0 atom stereocenters. The standard InChI is InChI=1S/C20H28N2O3/c1-5-20(2,3)19(24)22-14-12-21(13-15-22)18(23)11-8-16-6-9-17(25-4)10-7-16/h6-11H,5,12-15H2,1-4H3/b11-8+. The van der Waals surface area contributed by atoms with E-state index in [-0.39, 0.29) is 17.2 Å². The molecule has 1 aromatic carbocycles. The molecule has 0 aromatic heterocycles. The van der Waals surface area contributed by atoms with Gasteiger partial charge in [0, 0.05) is 37.7 Å². The Hall–Kier alpha value is -2.30. The number of methoxy groups -OCH3 is 1. The van der Waals surface area contributed by atoms with Gasteiger partial charge in [-0.15, -0.1) is 0 Å². The molecule has 0 unspecified atom stereocenters. The number of carbonyl (C=O) groups is 2. The molecule has 0 saturated carbocycles. The summed E-state index contributed by atoms with van der Waals surface area (Å²) in [5.41, 5.74) is 0.619. The summed E-state index contributed by atoms with van der Waals surface area (Å²) >= 11 is 0. The predicted octanol–water partition coefficient (Wildman–Crippen LogP) is 2.82. The highest BCUT2D eigenvalue weighted by atomic mass is 16.5. The molecule has 1 aromatic rings. The summed E-state index contributed by atoms with van der Waals surface area (Å²) < 4.78 is 5.12. The van der Waals surface area contributed by atoms with Crippen molar-refractivity contribution in [2.75, 3.05) is 33.3 Å². The van der Waals surface area contributed by atoms with E-state index in [1.165, 1.54) is 0 Å². The minimum absolute atomic E-state index is 0.0160. The molecule has 136 valence electrons. The number of nitrogens with zero attached hydrogens (tertiary/aromatic N) is 2. The number of hydrogen-bond acceptors (Lipinski definition) is 3. The van der Waals surface area contributed by atoms with Gasteiger partial charge < -0.3 is 14.5 Å². The molecule has 0 N–H and O–H groups in total. The normalized spacial score (nSPS) is 15.5. The van der Waals surface area contributed by atoms with Crippen molar-refractivity contribution in [3.63, 3.8) is 0 Å². The van der Waals surface area contributed by atoms with Crippen LogP contribution in [-0.4, -0.2) is 54.9 Å². The molecule has 0 bridgehead atoms. The van der Waals surface area contributed by atoms with Crippen LogP contribution in [0.15, 0.2) is 30.3 Å². The molecule has 1 saturated heterocycles. The lowest BCUT2D eigenvalue weighted by Crippen LogP contribution is -2.53. The number of piperazine rings is 1. The molecular formula is C20H28N2O3. The molecular weight excluding hydrogens is 316 g/mol. The lowest BCUT2D eigenvalue weighted by atomic mass is 9.88. The highest BCUT2D eigenvalue weighted by molar-refractivity contribution is 5.92. The van der Waals surface area contributed by atoms with E-state index in [9.17, 15) is 9.59 Å². The molecule has 1 heterocycles. The molecule has 0 spiro atoms. The van der Waals surface area contributed by atoms with Gasteiger partial charge in [-0.25, -0.2) is 0 Å². The number of rotatable bonds is 5. The number of hydrogen-bond donors (Lipinski definition) is 0. The maximum atomic E-state index is 12.5. The fourth-order valence-electron chi connectivity index (χ4n) is 2.70. The molecule has 0 aliphatic carbocycles.